The van der Waals surface area contributed by atoms with Gasteiger partial charge in [0.15, 0.2) is 0 Å². The molecule has 2 aromatic rings. The van der Waals surface area contributed by atoms with Gasteiger partial charge in [-0.05, 0) is 86.1 Å². The van der Waals surface area contributed by atoms with Gasteiger partial charge >= 0.3 is 6.18 Å². The molecule has 1 saturated heterocycles. The lowest BCUT2D eigenvalue weighted by molar-refractivity contribution is -0.137. The maximum Gasteiger partial charge on any atom is 0.416 e. The van der Waals surface area contributed by atoms with E-state index in [0.29, 0.717) is 25.2 Å². The van der Waals surface area contributed by atoms with Crippen molar-refractivity contribution in [3.05, 3.63) is 64.2 Å². The van der Waals surface area contributed by atoms with Crippen LogP contribution in [0.4, 0.5) is 13.2 Å². The molecule has 1 aliphatic rings. The summed E-state index contributed by atoms with van der Waals surface area (Å²) in [7, 11) is 1.66. The second kappa shape index (κ2) is 13.5. The van der Waals surface area contributed by atoms with Crippen LogP contribution in [0.25, 0.3) is 0 Å². The van der Waals surface area contributed by atoms with Crippen LogP contribution in [0.3, 0.4) is 0 Å². The molecule has 1 N–H and O–H groups in total. The fraction of sp³-hybridized carbons (Fsp3) is 0.567. The van der Waals surface area contributed by atoms with Crippen molar-refractivity contribution in [3.8, 4) is 5.75 Å². The van der Waals surface area contributed by atoms with Gasteiger partial charge < -0.3 is 14.8 Å². The number of carbonyl (C=O) groups is 1. The van der Waals surface area contributed by atoms with Crippen molar-refractivity contribution in [1.82, 2.24) is 10.2 Å². The van der Waals surface area contributed by atoms with Crippen molar-refractivity contribution >= 4 is 5.91 Å². The molecule has 8 heteroatoms. The Labute approximate surface area is 224 Å². The topological polar surface area (TPSA) is 50.8 Å². The van der Waals surface area contributed by atoms with Crippen LogP contribution in [-0.4, -0.2) is 49.8 Å². The first-order chi connectivity index (χ1) is 18.0. The summed E-state index contributed by atoms with van der Waals surface area (Å²) >= 11 is 0. The van der Waals surface area contributed by atoms with E-state index in [1.165, 1.54) is 23.3 Å². The number of likely N-dealkylation sites (tertiary alicyclic amines) is 1. The molecule has 1 fully saturated rings. The molecule has 38 heavy (non-hydrogen) atoms. The third-order valence-electron chi connectivity index (χ3n) is 7.51. The molecule has 0 bridgehead atoms. The summed E-state index contributed by atoms with van der Waals surface area (Å²) in [5.41, 5.74) is 3.12. The van der Waals surface area contributed by atoms with Gasteiger partial charge in [0.1, 0.15) is 12.4 Å². The minimum absolute atomic E-state index is 0.0410. The maximum atomic E-state index is 12.9. The molecule has 0 radical (unpaired) electrons. The SMILES string of the molecule is CCCC1CC(NC(=O)c2ccc(C(F)(F)F)cc2)CC(C)CN1Cc1ccc(OCCOC)c(C)c1C. The Kier molecular flexibility index (Phi) is 10.6. The van der Waals surface area contributed by atoms with E-state index in [0.717, 1.165) is 62.2 Å². The Balaban J connectivity index is 1.71. The molecule has 3 rings (SSSR count). The van der Waals surface area contributed by atoms with Gasteiger partial charge in [0.05, 0.1) is 12.2 Å². The van der Waals surface area contributed by atoms with E-state index in [1.807, 2.05) is 6.07 Å². The molecule has 0 spiro atoms. The predicted molar refractivity (Wildman–Crippen MR) is 143 cm³/mol. The van der Waals surface area contributed by atoms with E-state index in [1.54, 1.807) is 7.11 Å². The minimum atomic E-state index is -4.42. The molecule has 1 aliphatic heterocycles. The summed E-state index contributed by atoms with van der Waals surface area (Å²) in [5, 5.41) is 3.12. The number of rotatable bonds is 10. The third-order valence-corrected chi connectivity index (χ3v) is 7.51. The molecule has 210 valence electrons. The zero-order valence-corrected chi connectivity index (χ0v) is 23.2. The van der Waals surface area contributed by atoms with Crippen LogP contribution in [0.1, 0.15) is 72.1 Å². The highest BCUT2D eigenvalue weighted by atomic mass is 19.4. The zero-order valence-electron chi connectivity index (χ0n) is 23.2. The number of benzene rings is 2. The highest BCUT2D eigenvalue weighted by molar-refractivity contribution is 5.94. The van der Waals surface area contributed by atoms with E-state index < -0.39 is 11.7 Å². The first kappa shape index (κ1) is 30.0. The second-order valence-corrected chi connectivity index (χ2v) is 10.5. The Hall–Kier alpha value is -2.58. The van der Waals surface area contributed by atoms with Gasteiger partial charge in [0, 0.05) is 37.8 Å². The summed E-state index contributed by atoms with van der Waals surface area (Å²) in [6.07, 6.45) is -0.750. The largest absolute Gasteiger partial charge is 0.491 e. The van der Waals surface area contributed by atoms with Gasteiger partial charge in [-0.1, -0.05) is 26.3 Å². The van der Waals surface area contributed by atoms with E-state index in [2.05, 4.69) is 44.0 Å². The summed E-state index contributed by atoms with van der Waals surface area (Å²) < 4.78 is 49.7. The highest BCUT2D eigenvalue weighted by Gasteiger charge is 2.32. The quantitative estimate of drug-likeness (QED) is 0.352. The number of nitrogens with zero attached hydrogens (tertiary/aromatic N) is 1. The van der Waals surface area contributed by atoms with Crippen LogP contribution < -0.4 is 10.1 Å². The van der Waals surface area contributed by atoms with Crippen LogP contribution in [-0.2, 0) is 17.5 Å². The average Bonchev–Trinajstić information content (AvgIpc) is 3.00. The molecule has 1 heterocycles. The van der Waals surface area contributed by atoms with Crippen molar-refractivity contribution < 1.29 is 27.4 Å². The molecule has 3 unspecified atom stereocenters. The monoisotopic (exact) mass is 534 g/mol. The van der Waals surface area contributed by atoms with Crippen molar-refractivity contribution in [2.45, 2.75) is 78.2 Å². The molecular weight excluding hydrogens is 493 g/mol. The summed E-state index contributed by atoms with van der Waals surface area (Å²) in [6.45, 7) is 11.4. The van der Waals surface area contributed by atoms with Crippen molar-refractivity contribution in [2.75, 3.05) is 26.9 Å². The fourth-order valence-electron chi connectivity index (χ4n) is 5.34. The molecular formula is C30H41F3N2O3. The summed E-state index contributed by atoms with van der Waals surface area (Å²) in [5.74, 6) is 0.909. The highest BCUT2D eigenvalue weighted by Crippen LogP contribution is 2.31. The molecule has 3 atom stereocenters. The Morgan fingerprint density at radius 3 is 2.39 bits per heavy atom. The average molecular weight is 535 g/mol. The number of methoxy groups -OCH3 is 1. The van der Waals surface area contributed by atoms with Gasteiger partial charge in [0.25, 0.3) is 5.91 Å². The molecule has 2 aromatic carbocycles. The normalized spacial score (nSPS) is 20.7. The van der Waals surface area contributed by atoms with Crippen molar-refractivity contribution in [3.63, 3.8) is 0 Å². The Morgan fingerprint density at radius 2 is 1.76 bits per heavy atom. The van der Waals surface area contributed by atoms with E-state index >= 15 is 0 Å². The van der Waals surface area contributed by atoms with Crippen LogP contribution in [0.15, 0.2) is 36.4 Å². The van der Waals surface area contributed by atoms with Gasteiger partial charge in [0.2, 0.25) is 0 Å². The van der Waals surface area contributed by atoms with Crippen molar-refractivity contribution in [2.24, 2.45) is 5.92 Å². The number of halogens is 3. The van der Waals surface area contributed by atoms with Gasteiger partial charge in [-0.15, -0.1) is 0 Å². The number of nitrogens with one attached hydrogen (secondary N) is 1. The number of hydrogen-bond donors (Lipinski definition) is 1. The number of alkyl halides is 3. The van der Waals surface area contributed by atoms with Crippen LogP contribution in [0, 0.1) is 19.8 Å². The van der Waals surface area contributed by atoms with Gasteiger partial charge in [-0.3, -0.25) is 9.69 Å². The molecule has 5 nitrogen and oxygen atoms in total. The summed E-state index contributed by atoms with van der Waals surface area (Å²) in [4.78, 5) is 15.4. The number of amides is 1. The molecule has 1 amide bonds. The lowest BCUT2D eigenvalue weighted by atomic mass is 9.97. The van der Waals surface area contributed by atoms with Crippen LogP contribution in [0.5, 0.6) is 5.75 Å². The van der Waals surface area contributed by atoms with Crippen LogP contribution in [0.2, 0.25) is 0 Å². The third kappa shape index (κ3) is 7.96. The number of hydrogen-bond acceptors (Lipinski definition) is 4. The smallest absolute Gasteiger partial charge is 0.416 e. The van der Waals surface area contributed by atoms with E-state index in [9.17, 15) is 18.0 Å². The van der Waals surface area contributed by atoms with Gasteiger partial charge in [-0.25, -0.2) is 0 Å². The molecule has 0 saturated carbocycles. The first-order valence-corrected chi connectivity index (χ1v) is 13.5. The number of ether oxygens (including phenoxy) is 2. The fourth-order valence-corrected chi connectivity index (χ4v) is 5.34. The molecule has 0 aromatic heterocycles. The van der Waals surface area contributed by atoms with Crippen molar-refractivity contribution in [1.29, 1.82) is 0 Å². The standard InChI is InChI=1S/C30H41F3N2O3/c1-6-7-27-17-26(34-29(36)23-8-11-25(12-9-23)30(31,32)33)16-20(2)18-35(27)19-24-10-13-28(22(4)21(24)3)38-15-14-37-5/h8-13,20,26-27H,6-7,14-19H2,1-5H3,(H,34,36). The molecule has 0 aliphatic carbocycles. The second-order valence-electron chi connectivity index (χ2n) is 10.5. The van der Waals surface area contributed by atoms with E-state index in [4.69, 9.17) is 9.47 Å². The predicted octanol–water partition coefficient (Wildman–Crippen LogP) is 6.55. The van der Waals surface area contributed by atoms with E-state index in [-0.39, 0.29) is 17.5 Å². The lowest BCUT2D eigenvalue weighted by Crippen LogP contribution is -2.40. The van der Waals surface area contributed by atoms with Crippen LogP contribution >= 0.6 is 0 Å². The maximum absolute atomic E-state index is 12.9. The Morgan fingerprint density at radius 1 is 1.05 bits per heavy atom. The first-order valence-electron chi connectivity index (χ1n) is 13.5. The zero-order chi connectivity index (χ0) is 27.9. The lowest BCUT2D eigenvalue weighted by Gasteiger charge is -2.32. The minimum Gasteiger partial charge on any atom is -0.491 e. The van der Waals surface area contributed by atoms with Gasteiger partial charge in [-0.2, -0.15) is 13.2 Å². The number of carbonyl (C=O) groups excluding carboxylic acids is 1. The summed E-state index contributed by atoms with van der Waals surface area (Å²) in [6, 6.07) is 8.86. The Bertz CT molecular complexity index is 1060.